The van der Waals surface area contributed by atoms with E-state index in [0.717, 1.165) is 12.1 Å². The molecule has 3 rings (SSSR count). The molecule has 10 heteroatoms. The minimum atomic E-state index is -4.44. The number of carboxylic acids is 1. The number of ether oxygens (including phenoxy) is 1. The molecule has 1 amide bonds. The van der Waals surface area contributed by atoms with Crippen LogP contribution in [-0.2, 0) is 17.4 Å². The SMILES string of the molecule is O=C(O)c1cccc(OCCN2C(=O)CCCN2CCC(O)Cc2cccc(C(F)(F)F)c2)c1. The summed E-state index contributed by atoms with van der Waals surface area (Å²) >= 11 is 0. The molecule has 1 saturated heterocycles. The molecule has 1 aliphatic heterocycles. The molecule has 0 aromatic heterocycles. The largest absolute Gasteiger partial charge is 0.492 e. The Morgan fingerprint density at radius 2 is 1.88 bits per heavy atom. The number of alkyl halides is 3. The Morgan fingerprint density at radius 1 is 1.12 bits per heavy atom. The molecule has 2 aromatic rings. The van der Waals surface area contributed by atoms with Crippen LogP contribution < -0.4 is 4.74 Å². The Hall–Kier alpha value is -3.11. The van der Waals surface area contributed by atoms with E-state index in [4.69, 9.17) is 9.84 Å². The summed E-state index contributed by atoms with van der Waals surface area (Å²) in [5.41, 5.74) is -0.257. The highest BCUT2D eigenvalue weighted by Crippen LogP contribution is 2.30. The van der Waals surface area contributed by atoms with Gasteiger partial charge in [0, 0.05) is 19.5 Å². The highest BCUT2D eigenvalue weighted by atomic mass is 19.4. The van der Waals surface area contributed by atoms with E-state index in [0.29, 0.717) is 37.2 Å². The van der Waals surface area contributed by atoms with Crippen molar-refractivity contribution in [2.45, 2.75) is 38.0 Å². The molecule has 1 aliphatic rings. The van der Waals surface area contributed by atoms with Gasteiger partial charge < -0.3 is 14.9 Å². The van der Waals surface area contributed by atoms with Crippen LogP contribution in [0.4, 0.5) is 13.2 Å². The van der Waals surface area contributed by atoms with E-state index in [1.807, 2.05) is 5.01 Å². The Balaban J connectivity index is 1.52. The molecule has 2 aromatic carbocycles. The van der Waals surface area contributed by atoms with Crippen molar-refractivity contribution in [1.82, 2.24) is 10.0 Å². The lowest BCUT2D eigenvalue weighted by Gasteiger charge is -2.38. The van der Waals surface area contributed by atoms with Crippen LogP contribution in [0.2, 0.25) is 0 Å². The number of rotatable bonds is 10. The fraction of sp³-hybridized carbons (Fsp3) is 0.417. The van der Waals surface area contributed by atoms with Crippen LogP contribution in [0, 0.1) is 0 Å². The van der Waals surface area contributed by atoms with E-state index in [9.17, 15) is 27.9 Å². The average molecular weight is 480 g/mol. The number of hydrogen-bond acceptors (Lipinski definition) is 5. The molecule has 34 heavy (non-hydrogen) atoms. The molecule has 1 unspecified atom stereocenters. The number of carboxylic acid groups (broad SMARTS) is 1. The molecule has 184 valence electrons. The summed E-state index contributed by atoms with van der Waals surface area (Å²) in [7, 11) is 0. The van der Waals surface area contributed by atoms with Crippen LogP contribution in [0.1, 0.15) is 40.7 Å². The van der Waals surface area contributed by atoms with Gasteiger partial charge in [0.25, 0.3) is 0 Å². The second kappa shape index (κ2) is 11.3. The first kappa shape index (κ1) is 25.5. The summed E-state index contributed by atoms with van der Waals surface area (Å²) in [6, 6.07) is 11.0. The topological polar surface area (TPSA) is 90.3 Å². The first-order valence-electron chi connectivity index (χ1n) is 11.0. The number of carbonyl (C=O) groups is 2. The van der Waals surface area contributed by atoms with E-state index in [-0.39, 0.29) is 37.5 Å². The predicted molar refractivity (Wildman–Crippen MR) is 117 cm³/mol. The van der Waals surface area contributed by atoms with Gasteiger partial charge in [-0.3, -0.25) is 9.80 Å². The maximum atomic E-state index is 12.9. The quantitative estimate of drug-likeness (QED) is 0.540. The average Bonchev–Trinajstić information content (AvgIpc) is 2.79. The minimum Gasteiger partial charge on any atom is -0.492 e. The third-order valence-corrected chi connectivity index (χ3v) is 5.54. The molecule has 0 spiro atoms. The fourth-order valence-corrected chi connectivity index (χ4v) is 3.83. The van der Waals surface area contributed by atoms with Crippen LogP contribution in [-0.4, -0.2) is 64.5 Å². The van der Waals surface area contributed by atoms with Gasteiger partial charge in [0.15, 0.2) is 0 Å². The highest BCUT2D eigenvalue weighted by Gasteiger charge is 2.30. The number of hydrogen-bond donors (Lipinski definition) is 2. The normalized spacial score (nSPS) is 15.9. The maximum absolute atomic E-state index is 12.9. The summed E-state index contributed by atoms with van der Waals surface area (Å²) in [6.45, 7) is 1.37. The number of halogens is 3. The van der Waals surface area contributed by atoms with Gasteiger partial charge in [-0.25, -0.2) is 9.80 Å². The number of carbonyl (C=O) groups excluding carboxylic acids is 1. The van der Waals surface area contributed by atoms with E-state index in [1.165, 1.54) is 18.2 Å². The zero-order chi connectivity index (χ0) is 24.7. The summed E-state index contributed by atoms with van der Waals surface area (Å²) in [5.74, 6) is -0.763. The first-order chi connectivity index (χ1) is 16.1. The maximum Gasteiger partial charge on any atom is 0.416 e. The van der Waals surface area contributed by atoms with Gasteiger partial charge in [-0.2, -0.15) is 13.2 Å². The molecule has 0 radical (unpaired) electrons. The molecule has 0 bridgehead atoms. The van der Waals surface area contributed by atoms with E-state index >= 15 is 0 Å². The summed E-state index contributed by atoms with van der Waals surface area (Å²) < 4.78 is 44.3. The van der Waals surface area contributed by atoms with Crippen LogP contribution in [0.3, 0.4) is 0 Å². The van der Waals surface area contributed by atoms with Gasteiger partial charge in [-0.05, 0) is 49.1 Å². The van der Waals surface area contributed by atoms with Crippen molar-refractivity contribution in [3.8, 4) is 5.75 Å². The lowest BCUT2D eigenvalue weighted by Crippen LogP contribution is -2.52. The predicted octanol–water partition coefficient (Wildman–Crippen LogP) is 3.62. The lowest BCUT2D eigenvalue weighted by atomic mass is 10.0. The second-order valence-corrected chi connectivity index (χ2v) is 8.10. The number of aliphatic hydroxyl groups excluding tert-OH is 1. The summed E-state index contributed by atoms with van der Waals surface area (Å²) in [6.07, 6.45) is -3.89. The van der Waals surface area contributed by atoms with Crippen molar-refractivity contribution in [3.63, 3.8) is 0 Å². The third-order valence-electron chi connectivity index (χ3n) is 5.54. The van der Waals surface area contributed by atoms with Gasteiger partial charge in [0.05, 0.1) is 23.8 Å². The van der Waals surface area contributed by atoms with Crippen molar-refractivity contribution >= 4 is 11.9 Å². The standard InChI is InChI=1S/C24H27F3N2O5/c25-24(26,27)19-6-1-4-17(14-19)15-20(30)9-11-28-10-3-8-22(31)29(28)12-13-34-21-7-2-5-18(16-21)23(32)33/h1-2,4-7,14,16,20,30H,3,8-13,15H2,(H,32,33). The van der Waals surface area contributed by atoms with E-state index in [2.05, 4.69) is 0 Å². The zero-order valence-electron chi connectivity index (χ0n) is 18.5. The van der Waals surface area contributed by atoms with Crippen LogP contribution in [0.15, 0.2) is 48.5 Å². The molecule has 2 N–H and O–H groups in total. The van der Waals surface area contributed by atoms with Gasteiger partial charge in [-0.1, -0.05) is 24.3 Å². The van der Waals surface area contributed by atoms with Crippen molar-refractivity contribution in [2.75, 3.05) is 26.2 Å². The number of aromatic carboxylic acids is 1. The van der Waals surface area contributed by atoms with Crippen molar-refractivity contribution in [1.29, 1.82) is 0 Å². The fourth-order valence-electron chi connectivity index (χ4n) is 3.83. The van der Waals surface area contributed by atoms with Gasteiger partial charge in [-0.15, -0.1) is 0 Å². The first-order valence-corrected chi connectivity index (χ1v) is 11.0. The van der Waals surface area contributed by atoms with E-state index < -0.39 is 23.8 Å². The van der Waals surface area contributed by atoms with Crippen molar-refractivity contribution in [2.24, 2.45) is 0 Å². The number of aliphatic hydroxyl groups is 1. The van der Waals surface area contributed by atoms with Crippen LogP contribution in [0.25, 0.3) is 0 Å². The second-order valence-electron chi connectivity index (χ2n) is 8.10. The number of benzene rings is 2. The number of hydrazine groups is 1. The smallest absolute Gasteiger partial charge is 0.416 e. The minimum absolute atomic E-state index is 0.0781. The van der Waals surface area contributed by atoms with Gasteiger partial charge >= 0.3 is 12.1 Å². The molecule has 1 atom stereocenters. The summed E-state index contributed by atoms with van der Waals surface area (Å²) in [4.78, 5) is 23.5. The zero-order valence-corrected chi connectivity index (χ0v) is 18.5. The molecular formula is C24H27F3N2O5. The van der Waals surface area contributed by atoms with Gasteiger partial charge in [0.1, 0.15) is 12.4 Å². The Bertz CT molecular complexity index is 999. The van der Waals surface area contributed by atoms with Crippen molar-refractivity contribution in [3.05, 3.63) is 65.2 Å². The summed E-state index contributed by atoms with van der Waals surface area (Å²) in [5, 5.41) is 22.8. The third kappa shape index (κ3) is 7.19. The van der Waals surface area contributed by atoms with E-state index in [1.54, 1.807) is 23.2 Å². The van der Waals surface area contributed by atoms with Crippen molar-refractivity contribution < 1.29 is 37.7 Å². The lowest BCUT2D eigenvalue weighted by molar-refractivity contribution is -0.157. The Kier molecular flexibility index (Phi) is 8.51. The highest BCUT2D eigenvalue weighted by molar-refractivity contribution is 5.88. The monoisotopic (exact) mass is 480 g/mol. The molecule has 0 aliphatic carbocycles. The molecule has 1 fully saturated rings. The Morgan fingerprint density at radius 3 is 2.62 bits per heavy atom. The molecule has 7 nitrogen and oxygen atoms in total. The van der Waals surface area contributed by atoms with Crippen LogP contribution in [0.5, 0.6) is 5.75 Å². The Labute approximate surface area is 195 Å². The number of amides is 1. The van der Waals surface area contributed by atoms with Crippen LogP contribution >= 0.6 is 0 Å². The molecular weight excluding hydrogens is 453 g/mol. The molecule has 0 saturated carbocycles. The number of nitrogens with zero attached hydrogens (tertiary/aromatic N) is 2. The molecule has 1 heterocycles. The van der Waals surface area contributed by atoms with Gasteiger partial charge in [0.2, 0.25) is 5.91 Å².